The molecule has 0 aliphatic carbocycles. The van der Waals surface area contributed by atoms with E-state index in [1.165, 1.54) is 37.6 Å². The highest BCUT2D eigenvalue weighted by Gasteiger charge is 2.15. The van der Waals surface area contributed by atoms with Crippen molar-refractivity contribution in [1.29, 1.82) is 0 Å². The van der Waals surface area contributed by atoms with E-state index in [1.54, 1.807) is 36.4 Å². The van der Waals surface area contributed by atoms with Crippen molar-refractivity contribution in [1.82, 2.24) is 0 Å². The number of hydrogen-bond donors (Lipinski definition) is 0. The first-order chi connectivity index (χ1) is 11.9. The maximum absolute atomic E-state index is 12.6. The lowest BCUT2D eigenvalue weighted by atomic mass is 10.1. The van der Waals surface area contributed by atoms with Crippen LogP contribution in [0.2, 0.25) is 0 Å². The number of rotatable bonds is 6. The number of sulfone groups is 1. The van der Waals surface area contributed by atoms with E-state index in [0.29, 0.717) is 11.1 Å². The molecular weight excluding hydrogens is 340 g/mol. The first-order valence-corrected chi connectivity index (χ1v) is 9.28. The molecule has 0 fully saturated rings. The number of esters is 1. The molecule has 2 rings (SSSR count). The van der Waals surface area contributed by atoms with E-state index in [0.717, 1.165) is 6.26 Å². The minimum Gasteiger partial charge on any atom is -0.504 e. The quantitative estimate of drug-likeness (QED) is 0.261. The number of methoxy groups -OCH3 is 1. The van der Waals surface area contributed by atoms with Gasteiger partial charge in [-0.3, -0.25) is 0 Å². The molecule has 0 bridgehead atoms. The van der Waals surface area contributed by atoms with Crippen LogP contribution < -0.4 is 4.74 Å². The Labute approximate surface area is 147 Å². The van der Waals surface area contributed by atoms with Gasteiger partial charge in [-0.2, -0.15) is 0 Å². The molecule has 25 heavy (non-hydrogen) atoms. The minimum absolute atomic E-state index is 0.0855. The Morgan fingerprint density at radius 2 is 1.76 bits per heavy atom. The van der Waals surface area contributed by atoms with Crippen molar-refractivity contribution in [3.05, 3.63) is 78.6 Å². The van der Waals surface area contributed by atoms with Gasteiger partial charge in [-0.05, 0) is 35.9 Å². The van der Waals surface area contributed by atoms with Gasteiger partial charge in [0.05, 0.1) is 23.8 Å². The smallest absolute Gasteiger partial charge is 0.344 e. The van der Waals surface area contributed by atoms with Gasteiger partial charge >= 0.3 is 5.97 Å². The molecule has 0 spiro atoms. The minimum atomic E-state index is -3.38. The second-order valence-electron chi connectivity index (χ2n) is 5.15. The first kappa shape index (κ1) is 18.5. The molecule has 0 saturated carbocycles. The van der Waals surface area contributed by atoms with Crippen molar-refractivity contribution in [2.75, 3.05) is 13.4 Å². The summed E-state index contributed by atoms with van der Waals surface area (Å²) in [6.45, 7) is 0. The fourth-order valence-electron chi connectivity index (χ4n) is 2.04. The average molecular weight is 358 g/mol. The zero-order valence-corrected chi connectivity index (χ0v) is 14.7. The van der Waals surface area contributed by atoms with Gasteiger partial charge in [0.1, 0.15) is 5.75 Å². The molecule has 0 aliphatic heterocycles. The van der Waals surface area contributed by atoms with Crippen molar-refractivity contribution >= 4 is 21.4 Å². The van der Waals surface area contributed by atoms with Gasteiger partial charge in [-0.1, -0.05) is 36.4 Å². The third-order valence-electron chi connectivity index (χ3n) is 3.23. The van der Waals surface area contributed by atoms with E-state index in [2.05, 4.69) is 0 Å². The summed E-state index contributed by atoms with van der Waals surface area (Å²) in [5.74, 6) is -0.442. The van der Waals surface area contributed by atoms with E-state index in [1.807, 2.05) is 6.07 Å². The second-order valence-corrected chi connectivity index (χ2v) is 7.16. The Bertz CT molecular complexity index is 896. The summed E-state index contributed by atoms with van der Waals surface area (Å²) in [6.07, 6.45) is 5.68. The summed E-state index contributed by atoms with van der Waals surface area (Å²) in [7, 11) is -1.88. The van der Waals surface area contributed by atoms with Gasteiger partial charge in [0.15, 0.2) is 9.84 Å². The zero-order chi connectivity index (χ0) is 18.3. The standard InChI is InChI=1S/C19H18O5S/c1-23-13-7-12-18(15-8-4-3-5-9-15)19(20)24-16-10-6-11-17(14-16)25(2,21)22/h3-14H,1-2H3. The number of hydrogen-bond acceptors (Lipinski definition) is 5. The largest absolute Gasteiger partial charge is 0.504 e. The maximum Gasteiger partial charge on any atom is 0.344 e. The molecule has 0 saturated heterocycles. The number of carbonyl (C=O) groups excluding carboxylic acids is 1. The van der Waals surface area contributed by atoms with Crippen LogP contribution in [-0.2, 0) is 19.4 Å². The van der Waals surface area contributed by atoms with E-state index in [4.69, 9.17) is 9.47 Å². The molecule has 0 unspecified atom stereocenters. The van der Waals surface area contributed by atoms with Crippen molar-refractivity contribution in [2.24, 2.45) is 0 Å². The van der Waals surface area contributed by atoms with Crippen molar-refractivity contribution in [2.45, 2.75) is 4.90 Å². The van der Waals surface area contributed by atoms with Crippen LogP contribution in [0.1, 0.15) is 5.56 Å². The normalized spacial score (nSPS) is 12.2. The van der Waals surface area contributed by atoms with Crippen LogP contribution in [0.4, 0.5) is 0 Å². The lowest BCUT2D eigenvalue weighted by molar-refractivity contribution is -0.127. The van der Waals surface area contributed by atoms with Gasteiger partial charge in [0.25, 0.3) is 0 Å². The van der Waals surface area contributed by atoms with Crippen LogP contribution in [0.15, 0.2) is 77.9 Å². The Hall–Kier alpha value is -2.86. The first-order valence-electron chi connectivity index (χ1n) is 7.39. The fourth-order valence-corrected chi connectivity index (χ4v) is 2.70. The molecule has 6 heteroatoms. The Morgan fingerprint density at radius 3 is 2.40 bits per heavy atom. The predicted octanol–water partition coefficient (Wildman–Crippen LogP) is 3.24. The summed E-state index contributed by atoms with van der Waals surface area (Å²) < 4.78 is 33.4. The number of carbonyl (C=O) groups is 1. The van der Waals surface area contributed by atoms with E-state index in [9.17, 15) is 13.2 Å². The second kappa shape index (κ2) is 8.30. The molecule has 2 aromatic rings. The van der Waals surface area contributed by atoms with Gasteiger partial charge in [0.2, 0.25) is 0 Å². The molecule has 130 valence electrons. The topological polar surface area (TPSA) is 69.7 Å². The van der Waals surface area contributed by atoms with Crippen LogP contribution in [0.3, 0.4) is 0 Å². The third kappa shape index (κ3) is 5.32. The molecule has 5 nitrogen and oxygen atoms in total. The number of ether oxygens (including phenoxy) is 2. The highest BCUT2D eigenvalue weighted by molar-refractivity contribution is 7.90. The number of allylic oxidation sites excluding steroid dienone is 2. The van der Waals surface area contributed by atoms with Gasteiger partial charge in [-0.25, -0.2) is 13.2 Å². The molecular formula is C19H18O5S. The predicted molar refractivity (Wildman–Crippen MR) is 95.8 cm³/mol. The van der Waals surface area contributed by atoms with Crippen LogP contribution in [0.5, 0.6) is 5.75 Å². The van der Waals surface area contributed by atoms with Crippen molar-refractivity contribution in [3.8, 4) is 5.75 Å². The lowest BCUT2D eigenvalue weighted by Crippen LogP contribution is -2.11. The molecule has 0 aliphatic rings. The molecule has 0 amide bonds. The molecule has 0 N–H and O–H groups in total. The summed E-state index contributed by atoms with van der Waals surface area (Å²) in [6, 6.07) is 14.8. The van der Waals surface area contributed by atoms with Gasteiger partial charge < -0.3 is 9.47 Å². The third-order valence-corrected chi connectivity index (χ3v) is 4.34. The molecule has 0 radical (unpaired) electrons. The summed E-state index contributed by atoms with van der Waals surface area (Å²) in [5, 5.41) is 0. The van der Waals surface area contributed by atoms with Gasteiger partial charge in [-0.15, -0.1) is 0 Å². The average Bonchev–Trinajstić information content (AvgIpc) is 2.59. The monoisotopic (exact) mass is 358 g/mol. The molecule has 2 aromatic carbocycles. The Morgan fingerprint density at radius 1 is 1.04 bits per heavy atom. The Balaban J connectivity index is 2.32. The number of benzene rings is 2. The van der Waals surface area contributed by atoms with Crippen LogP contribution >= 0.6 is 0 Å². The molecule has 0 atom stereocenters. The summed E-state index contributed by atoms with van der Waals surface area (Å²) in [5.41, 5.74) is 0.992. The Kier molecular flexibility index (Phi) is 6.14. The highest BCUT2D eigenvalue weighted by atomic mass is 32.2. The van der Waals surface area contributed by atoms with E-state index >= 15 is 0 Å². The highest BCUT2D eigenvalue weighted by Crippen LogP contribution is 2.21. The molecule has 0 heterocycles. The van der Waals surface area contributed by atoms with E-state index < -0.39 is 15.8 Å². The van der Waals surface area contributed by atoms with Crippen LogP contribution in [-0.4, -0.2) is 27.8 Å². The SMILES string of the molecule is COC=CC=C(C(=O)Oc1cccc(S(C)(=O)=O)c1)c1ccccc1. The lowest BCUT2D eigenvalue weighted by Gasteiger charge is -2.09. The zero-order valence-electron chi connectivity index (χ0n) is 13.9. The summed E-state index contributed by atoms with van der Waals surface area (Å²) >= 11 is 0. The molecule has 0 aromatic heterocycles. The van der Waals surface area contributed by atoms with Gasteiger partial charge in [0, 0.05) is 6.26 Å². The van der Waals surface area contributed by atoms with Crippen LogP contribution in [0, 0.1) is 0 Å². The van der Waals surface area contributed by atoms with Crippen molar-refractivity contribution in [3.63, 3.8) is 0 Å². The van der Waals surface area contributed by atoms with Crippen LogP contribution in [0.25, 0.3) is 5.57 Å². The van der Waals surface area contributed by atoms with Crippen molar-refractivity contribution < 1.29 is 22.7 Å². The maximum atomic E-state index is 12.6. The van der Waals surface area contributed by atoms with E-state index in [-0.39, 0.29) is 10.6 Å². The summed E-state index contributed by atoms with van der Waals surface area (Å²) in [4.78, 5) is 12.6. The fraction of sp³-hybridized carbons (Fsp3) is 0.105.